The number of piperazine rings is 1. The monoisotopic (exact) mass is 330 g/mol. The quantitative estimate of drug-likeness (QED) is 0.742. The van der Waals surface area contributed by atoms with Crippen LogP contribution in [0.3, 0.4) is 0 Å². The van der Waals surface area contributed by atoms with Crippen molar-refractivity contribution in [1.29, 1.82) is 0 Å². The summed E-state index contributed by atoms with van der Waals surface area (Å²) in [5.74, 6) is 4.74. The molecule has 3 nitrogen and oxygen atoms in total. The molecule has 0 radical (unpaired) electrons. The average Bonchev–Trinajstić information content (AvgIpc) is 2.72. The topological polar surface area (TPSA) is 32.3 Å². The van der Waals surface area contributed by atoms with Crippen molar-refractivity contribution in [2.24, 2.45) is 0 Å². The zero-order chi connectivity index (χ0) is 15.2. The summed E-state index contributed by atoms with van der Waals surface area (Å²) in [5, 5.41) is 3.12. The highest BCUT2D eigenvalue weighted by molar-refractivity contribution is 6.01. The predicted molar refractivity (Wildman–Crippen MR) is 77.9 cm³/mol. The van der Waals surface area contributed by atoms with E-state index in [1.807, 2.05) is 0 Å². The molecule has 0 aromatic heterocycles. The molecule has 2 aliphatic heterocycles. The summed E-state index contributed by atoms with van der Waals surface area (Å²) >= 11 is 0. The van der Waals surface area contributed by atoms with Crippen molar-refractivity contribution in [3.8, 4) is 11.8 Å². The molecule has 0 spiro atoms. The largest absolute Gasteiger partial charge is 0.417 e. The first-order valence-corrected chi connectivity index (χ1v) is 6.63. The summed E-state index contributed by atoms with van der Waals surface area (Å²) < 4.78 is 39.8. The molecule has 1 aromatic rings. The van der Waals surface area contributed by atoms with Gasteiger partial charge in [0.25, 0.3) is 5.91 Å². The minimum Gasteiger partial charge on any atom is -0.329 e. The lowest BCUT2D eigenvalue weighted by atomic mass is 9.95. The van der Waals surface area contributed by atoms with Gasteiger partial charge in [0.05, 0.1) is 17.2 Å². The van der Waals surface area contributed by atoms with Gasteiger partial charge in [-0.15, -0.1) is 18.3 Å². The van der Waals surface area contributed by atoms with Gasteiger partial charge in [-0.05, 0) is 24.6 Å². The maximum atomic E-state index is 13.3. The Morgan fingerprint density at radius 1 is 1.36 bits per heavy atom. The van der Waals surface area contributed by atoms with Gasteiger partial charge in [-0.3, -0.25) is 4.79 Å². The van der Waals surface area contributed by atoms with E-state index in [-0.39, 0.29) is 24.0 Å². The van der Waals surface area contributed by atoms with Crippen LogP contribution >= 0.6 is 12.4 Å². The molecule has 1 atom stereocenters. The first-order chi connectivity index (χ1) is 9.93. The van der Waals surface area contributed by atoms with Gasteiger partial charge >= 0.3 is 6.18 Å². The number of alkyl halides is 3. The molecular weight excluding hydrogens is 317 g/mol. The van der Waals surface area contributed by atoms with Crippen molar-refractivity contribution in [2.75, 3.05) is 19.6 Å². The number of nitrogens with one attached hydrogen (secondary N) is 1. The van der Waals surface area contributed by atoms with Crippen molar-refractivity contribution in [2.45, 2.75) is 19.1 Å². The van der Waals surface area contributed by atoms with Crippen molar-refractivity contribution < 1.29 is 18.0 Å². The van der Waals surface area contributed by atoms with E-state index < -0.39 is 17.6 Å². The Balaban J connectivity index is 0.00000176. The van der Waals surface area contributed by atoms with E-state index in [9.17, 15) is 18.0 Å². The maximum Gasteiger partial charge on any atom is 0.417 e. The highest BCUT2D eigenvalue weighted by Crippen LogP contribution is 2.42. The van der Waals surface area contributed by atoms with Crippen LogP contribution in [0.25, 0.3) is 0 Å². The predicted octanol–water partition coefficient (Wildman–Crippen LogP) is 2.60. The van der Waals surface area contributed by atoms with Gasteiger partial charge in [0.1, 0.15) is 0 Å². The molecule has 1 aromatic carbocycles. The number of hydrogen-bond acceptors (Lipinski definition) is 2. The summed E-state index contributed by atoms with van der Waals surface area (Å²) in [6.07, 6.45) is -4.56. The van der Waals surface area contributed by atoms with Gasteiger partial charge in [0.2, 0.25) is 0 Å². The second-order valence-electron chi connectivity index (χ2n) is 5.08. The zero-order valence-corrected chi connectivity index (χ0v) is 12.6. The van der Waals surface area contributed by atoms with Gasteiger partial charge in [0.15, 0.2) is 0 Å². The van der Waals surface area contributed by atoms with Crippen molar-refractivity contribution >= 4 is 18.3 Å². The van der Waals surface area contributed by atoms with Crippen LogP contribution in [0.4, 0.5) is 13.2 Å². The van der Waals surface area contributed by atoms with Crippen LogP contribution in [-0.4, -0.2) is 30.4 Å². The normalized spacial score (nSPS) is 19.7. The molecule has 0 unspecified atom stereocenters. The molecule has 1 saturated heterocycles. The van der Waals surface area contributed by atoms with Gasteiger partial charge in [-0.25, -0.2) is 0 Å². The highest BCUT2D eigenvalue weighted by Gasteiger charge is 2.45. The molecule has 22 heavy (non-hydrogen) atoms. The minimum atomic E-state index is -4.56. The smallest absolute Gasteiger partial charge is 0.329 e. The summed E-state index contributed by atoms with van der Waals surface area (Å²) in [6, 6.07) is 2.25. The lowest BCUT2D eigenvalue weighted by Crippen LogP contribution is -2.44. The molecular formula is C15H14ClF3N2O. The van der Waals surface area contributed by atoms with E-state index in [1.54, 1.807) is 13.0 Å². The van der Waals surface area contributed by atoms with Crippen LogP contribution in [0.5, 0.6) is 0 Å². The number of rotatable bonds is 0. The fourth-order valence-electron chi connectivity index (χ4n) is 2.97. The summed E-state index contributed by atoms with van der Waals surface area (Å²) in [5.41, 5.74) is -0.362. The van der Waals surface area contributed by atoms with Crippen molar-refractivity contribution in [3.05, 3.63) is 34.4 Å². The molecule has 0 bridgehead atoms. The molecule has 2 aliphatic rings. The van der Waals surface area contributed by atoms with Crippen LogP contribution in [0, 0.1) is 11.8 Å². The Hall–Kier alpha value is -1.71. The number of nitrogens with zero attached hydrogens (tertiary/aromatic N) is 1. The maximum absolute atomic E-state index is 13.3. The second kappa shape index (κ2) is 5.82. The summed E-state index contributed by atoms with van der Waals surface area (Å²) in [7, 11) is 0. The number of carbonyl (C=O) groups excluding carboxylic acids is 1. The standard InChI is InChI=1S/C15H13F3N2O.ClH/c1-2-3-9-6-10-12-8-19-4-5-20(12)14(21)13(10)11(7-9)15(16,17)18;/h6-7,12,19H,4-5,8H2,1H3;1H/t12-;/m0./s1. The number of hydrogen-bond donors (Lipinski definition) is 1. The third kappa shape index (κ3) is 2.55. The third-order valence-electron chi connectivity index (χ3n) is 3.82. The van der Waals surface area contributed by atoms with Crippen LogP contribution < -0.4 is 5.32 Å². The van der Waals surface area contributed by atoms with Crippen LogP contribution in [0.1, 0.15) is 40.0 Å². The molecule has 3 rings (SSSR count). The average molecular weight is 331 g/mol. The van der Waals surface area contributed by atoms with E-state index in [4.69, 9.17) is 0 Å². The zero-order valence-electron chi connectivity index (χ0n) is 11.8. The fourth-order valence-corrected chi connectivity index (χ4v) is 2.97. The first-order valence-electron chi connectivity index (χ1n) is 6.63. The molecule has 1 N–H and O–H groups in total. The van der Waals surface area contributed by atoms with E-state index in [2.05, 4.69) is 17.2 Å². The molecule has 0 aliphatic carbocycles. The van der Waals surface area contributed by atoms with E-state index >= 15 is 0 Å². The molecule has 1 amide bonds. The Bertz CT molecular complexity index is 676. The molecule has 1 fully saturated rings. The number of halogens is 4. The van der Waals surface area contributed by atoms with Crippen molar-refractivity contribution in [3.63, 3.8) is 0 Å². The first kappa shape index (κ1) is 16.7. The van der Waals surface area contributed by atoms with E-state index in [0.717, 1.165) is 6.07 Å². The second-order valence-corrected chi connectivity index (χ2v) is 5.08. The Morgan fingerprint density at radius 3 is 2.73 bits per heavy atom. The van der Waals surface area contributed by atoms with Crippen LogP contribution in [-0.2, 0) is 6.18 Å². The molecule has 2 heterocycles. The van der Waals surface area contributed by atoms with Crippen LogP contribution in [0.15, 0.2) is 12.1 Å². The number of benzene rings is 1. The molecule has 0 saturated carbocycles. The number of amides is 1. The Labute approximate surface area is 132 Å². The van der Waals surface area contributed by atoms with Gasteiger partial charge in [-0.1, -0.05) is 5.92 Å². The Morgan fingerprint density at radius 2 is 2.09 bits per heavy atom. The summed E-state index contributed by atoms with van der Waals surface area (Å²) in [6.45, 7) is 3.06. The molecule has 118 valence electrons. The van der Waals surface area contributed by atoms with Gasteiger partial charge in [0, 0.05) is 25.2 Å². The Kier molecular flexibility index (Phi) is 4.41. The van der Waals surface area contributed by atoms with E-state index in [1.165, 1.54) is 4.90 Å². The van der Waals surface area contributed by atoms with Gasteiger partial charge < -0.3 is 10.2 Å². The lowest BCUT2D eigenvalue weighted by molar-refractivity contribution is -0.138. The highest BCUT2D eigenvalue weighted by atomic mass is 35.5. The third-order valence-corrected chi connectivity index (χ3v) is 3.82. The fraction of sp³-hybridized carbons (Fsp3) is 0.400. The molecule has 7 heteroatoms. The minimum absolute atomic E-state index is 0. The lowest BCUT2D eigenvalue weighted by Gasteiger charge is -2.30. The van der Waals surface area contributed by atoms with Gasteiger partial charge in [-0.2, -0.15) is 13.2 Å². The van der Waals surface area contributed by atoms with Crippen molar-refractivity contribution in [1.82, 2.24) is 10.2 Å². The number of fused-ring (bicyclic) bond motifs is 3. The van der Waals surface area contributed by atoms with E-state index in [0.29, 0.717) is 30.8 Å². The summed E-state index contributed by atoms with van der Waals surface area (Å²) in [4.78, 5) is 13.8. The SMILES string of the molecule is CC#Cc1cc2c(c(C(F)(F)F)c1)C(=O)N1CCNC[C@@H]21.Cl. The van der Waals surface area contributed by atoms with Crippen LogP contribution in [0.2, 0.25) is 0 Å². The number of carbonyl (C=O) groups is 1.